The summed E-state index contributed by atoms with van der Waals surface area (Å²) in [6.07, 6.45) is 0. The lowest BCUT2D eigenvalue weighted by Crippen LogP contribution is -2.40. The molecule has 0 spiro atoms. The van der Waals surface area contributed by atoms with Crippen LogP contribution in [0.25, 0.3) is 10.6 Å². The molecule has 1 aliphatic heterocycles. The molecule has 11 heteroatoms. The summed E-state index contributed by atoms with van der Waals surface area (Å²) < 4.78 is 56.9. The third-order valence-electron chi connectivity index (χ3n) is 5.01. The lowest BCUT2D eigenvalue weighted by Gasteiger charge is -2.26. The number of morpholine rings is 1. The number of thiazole rings is 1. The Balaban J connectivity index is 1.48. The molecule has 1 aliphatic rings. The highest BCUT2D eigenvalue weighted by molar-refractivity contribution is 7.89. The van der Waals surface area contributed by atoms with Crippen molar-refractivity contribution in [3.8, 4) is 16.3 Å². The van der Waals surface area contributed by atoms with Crippen molar-refractivity contribution in [1.82, 2.24) is 9.29 Å². The third-order valence-corrected chi connectivity index (χ3v) is 7.82. The number of hydrogen-bond donors (Lipinski definition) is 0. The fourth-order valence-electron chi connectivity index (χ4n) is 3.29. The van der Waals surface area contributed by atoms with Gasteiger partial charge >= 0.3 is 5.97 Å². The highest BCUT2D eigenvalue weighted by atomic mass is 32.2. The maximum absolute atomic E-state index is 14.3. The highest BCUT2D eigenvalue weighted by Gasteiger charge is 2.28. The number of hydrogen-bond acceptors (Lipinski definition) is 8. The van der Waals surface area contributed by atoms with E-state index >= 15 is 0 Å². The molecule has 0 radical (unpaired) electrons. The van der Waals surface area contributed by atoms with E-state index in [1.54, 1.807) is 12.5 Å². The van der Waals surface area contributed by atoms with Crippen molar-refractivity contribution in [3.63, 3.8) is 0 Å². The van der Waals surface area contributed by atoms with Crippen molar-refractivity contribution in [2.75, 3.05) is 33.4 Å². The van der Waals surface area contributed by atoms with Crippen LogP contribution in [0.4, 0.5) is 4.39 Å². The van der Waals surface area contributed by atoms with Gasteiger partial charge in [0.05, 0.1) is 42.0 Å². The van der Waals surface area contributed by atoms with Crippen LogP contribution in [-0.4, -0.2) is 57.1 Å². The minimum Gasteiger partial charge on any atom is -0.496 e. The number of ether oxygens (including phenoxy) is 3. The van der Waals surface area contributed by atoms with Gasteiger partial charge in [0.2, 0.25) is 10.0 Å². The second-order valence-electron chi connectivity index (χ2n) is 7.08. The van der Waals surface area contributed by atoms with Crippen molar-refractivity contribution < 1.29 is 31.8 Å². The molecule has 4 rings (SSSR count). The van der Waals surface area contributed by atoms with E-state index in [2.05, 4.69) is 4.98 Å². The first-order chi connectivity index (χ1) is 15.9. The number of benzene rings is 2. The van der Waals surface area contributed by atoms with Crippen molar-refractivity contribution >= 4 is 27.3 Å². The molecule has 0 bridgehead atoms. The van der Waals surface area contributed by atoms with Crippen LogP contribution in [0.5, 0.6) is 5.75 Å². The summed E-state index contributed by atoms with van der Waals surface area (Å²) in [5, 5.41) is 2.41. The Hall–Kier alpha value is -2.86. The number of sulfonamides is 1. The Bertz CT molecular complexity index is 1260. The zero-order valence-corrected chi connectivity index (χ0v) is 19.3. The molecule has 1 aromatic heterocycles. The lowest BCUT2D eigenvalue weighted by atomic mass is 10.2. The molecule has 0 aliphatic carbocycles. The van der Waals surface area contributed by atoms with Gasteiger partial charge in [0.25, 0.3) is 0 Å². The van der Waals surface area contributed by atoms with Gasteiger partial charge in [-0.05, 0) is 30.3 Å². The number of halogens is 1. The van der Waals surface area contributed by atoms with Crippen LogP contribution < -0.4 is 4.74 Å². The standard InChI is InChI=1S/C22H21FN2O6S2/c1-29-20-5-3-2-4-17(20)21-24-15(14-32-21)13-31-22(26)18-12-16(6-7-19(18)23)33(27,28)25-8-10-30-11-9-25/h2-7,12,14H,8-11,13H2,1H3. The number of carbonyl (C=O) groups excluding carboxylic acids is 1. The molecule has 1 saturated heterocycles. The number of methoxy groups -OCH3 is 1. The van der Waals surface area contributed by atoms with E-state index in [4.69, 9.17) is 14.2 Å². The van der Waals surface area contributed by atoms with Gasteiger partial charge in [-0.15, -0.1) is 11.3 Å². The van der Waals surface area contributed by atoms with E-state index in [0.29, 0.717) is 16.5 Å². The zero-order chi connectivity index (χ0) is 23.4. The van der Waals surface area contributed by atoms with Gasteiger partial charge in [-0.25, -0.2) is 22.6 Å². The normalized spacial score (nSPS) is 14.7. The molecule has 0 saturated carbocycles. The fraction of sp³-hybridized carbons (Fsp3) is 0.273. The number of carbonyl (C=O) groups is 1. The van der Waals surface area contributed by atoms with Gasteiger partial charge in [-0.2, -0.15) is 4.31 Å². The van der Waals surface area contributed by atoms with Gasteiger partial charge in [0, 0.05) is 18.5 Å². The molecule has 0 amide bonds. The van der Waals surface area contributed by atoms with Crippen LogP contribution in [-0.2, 0) is 26.1 Å². The van der Waals surface area contributed by atoms with Gasteiger partial charge in [-0.3, -0.25) is 0 Å². The number of para-hydroxylation sites is 1. The maximum atomic E-state index is 14.3. The summed E-state index contributed by atoms with van der Waals surface area (Å²) in [6, 6.07) is 10.5. The predicted molar refractivity (Wildman–Crippen MR) is 119 cm³/mol. The van der Waals surface area contributed by atoms with Gasteiger partial charge in [0.15, 0.2) is 0 Å². The summed E-state index contributed by atoms with van der Waals surface area (Å²) in [5.74, 6) is -1.18. The largest absolute Gasteiger partial charge is 0.496 e. The topological polar surface area (TPSA) is 95.0 Å². The molecule has 0 N–H and O–H groups in total. The minimum absolute atomic E-state index is 0.176. The zero-order valence-electron chi connectivity index (χ0n) is 17.7. The highest BCUT2D eigenvalue weighted by Crippen LogP contribution is 2.32. The van der Waals surface area contributed by atoms with E-state index in [-0.39, 0.29) is 37.8 Å². The van der Waals surface area contributed by atoms with E-state index in [1.807, 2.05) is 24.3 Å². The van der Waals surface area contributed by atoms with Gasteiger partial charge in [-0.1, -0.05) is 12.1 Å². The van der Waals surface area contributed by atoms with Crippen molar-refractivity contribution in [1.29, 1.82) is 0 Å². The van der Waals surface area contributed by atoms with Crippen molar-refractivity contribution in [2.45, 2.75) is 11.5 Å². The molecule has 2 heterocycles. The third kappa shape index (κ3) is 5.06. The average Bonchev–Trinajstić information content (AvgIpc) is 3.32. The Morgan fingerprint density at radius 3 is 2.73 bits per heavy atom. The molecule has 0 atom stereocenters. The number of esters is 1. The Morgan fingerprint density at radius 2 is 1.97 bits per heavy atom. The molecule has 0 unspecified atom stereocenters. The molecule has 33 heavy (non-hydrogen) atoms. The van der Waals surface area contributed by atoms with Crippen molar-refractivity contribution in [3.05, 3.63) is 64.9 Å². The van der Waals surface area contributed by atoms with Crippen LogP contribution in [0.3, 0.4) is 0 Å². The Labute approximate surface area is 194 Å². The molecular weight excluding hydrogens is 471 g/mol. The summed E-state index contributed by atoms with van der Waals surface area (Å²) in [5.41, 5.74) is 0.825. The SMILES string of the molecule is COc1ccccc1-c1nc(COC(=O)c2cc(S(=O)(=O)N3CCOCC3)ccc2F)cs1. The summed E-state index contributed by atoms with van der Waals surface area (Å²) in [6.45, 7) is 0.750. The first-order valence-electron chi connectivity index (χ1n) is 10.0. The molecule has 1 fully saturated rings. The van der Waals surface area contributed by atoms with Crippen LogP contribution >= 0.6 is 11.3 Å². The first-order valence-corrected chi connectivity index (χ1v) is 12.3. The number of rotatable bonds is 7. The quantitative estimate of drug-likeness (QED) is 0.467. The van der Waals surface area contributed by atoms with Crippen LogP contribution in [0.2, 0.25) is 0 Å². The van der Waals surface area contributed by atoms with Crippen LogP contribution in [0, 0.1) is 5.82 Å². The first kappa shape index (κ1) is 23.3. The summed E-state index contributed by atoms with van der Waals surface area (Å²) in [7, 11) is -2.31. The Morgan fingerprint density at radius 1 is 1.21 bits per heavy atom. The molecule has 174 valence electrons. The smallest absolute Gasteiger partial charge is 0.341 e. The molecule has 8 nitrogen and oxygen atoms in total. The lowest BCUT2D eigenvalue weighted by molar-refractivity contribution is 0.0462. The molecule has 3 aromatic rings. The predicted octanol–water partition coefficient (Wildman–Crippen LogP) is 3.34. The average molecular weight is 493 g/mol. The number of nitrogens with zero attached hydrogens (tertiary/aromatic N) is 2. The minimum atomic E-state index is -3.88. The number of aromatic nitrogens is 1. The summed E-state index contributed by atoms with van der Waals surface area (Å²) >= 11 is 1.35. The fourth-order valence-corrected chi connectivity index (χ4v) is 5.56. The van der Waals surface area contributed by atoms with E-state index in [0.717, 1.165) is 23.8 Å². The maximum Gasteiger partial charge on any atom is 0.341 e. The van der Waals surface area contributed by atoms with Crippen molar-refractivity contribution in [2.24, 2.45) is 0 Å². The van der Waals surface area contributed by atoms with Crippen LogP contribution in [0.15, 0.2) is 52.7 Å². The molecular formula is C22H21FN2O6S2. The van der Waals surface area contributed by atoms with E-state index in [1.165, 1.54) is 15.6 Å². The van der Waals surface area contributed by atoms with Gasteiger partial charge in [0.1, 0.15) is 23.2 Å². The second kappa shape index (κ2) is 9.96. The monoisotopic (exact) mass is 492 g/mol. The Kier molecular flexibility index (Phi) is 7.03. The summed E-state index contributed by atoms with van der Waals surface area (Å²) in [4.78, 5) is 16.8. The van der Waals surface area contributed by atoms with E-state index in [9.17, 15) is 17.6 Å². The van der Waals surface area contributed by atoms with Crippen LogP contribution in [0.1, 0.15) is 16.1 Å². The molecule has 2 aromatic carbocycles. The second-order valence-corrected chi connectivity index (χ2v) is 9.87. The van der Waals surface area contributed by atoms with Gasteiger partial charge < -0.3 is 14.2 Å². The van der Waals surface area contributed by atoms with E-state index < -0.39 is 27.4 Å².